The van der Waals surface area contributed by atoms with Gasteiger partial charge in [0.25, 0.3) is 0 Å². The SMILES string of the molecule is C1=CN(Cc2ccc[n-]2)[CH-]N1Cc1ccc[n-]1.[Ti+3]. The summed E-state index contributed by atoms with van der Waals surface area (Å²) in [7, 11) is 0. The minimum Gasteiger partial charge on any atom is -0.666 e. The number of nitrogens with zero attached hydrogens (tertiary/aromatic N) is 4. The van der Waals surface area contributed by atoms with Gasteiger partial charge in [-0.1, -0.05) is 24.3 Å². The second kappa shape index (κ2) is 5.98. The maximum absolute atomic E-state index is 4.25. The van der Waals surface area contributed by atoms with Crippen LogP contribution in [0.15, 0.2) is 49.1 Å². The molecule has 2 aromatic heterocycles. The van der Waals surface area contributed by atoms with Crippen LogP contribution in [0.1, 0.15) is 11.4 Å². The van der Waals surface area contributed by atoms with Gasteiger partial charge in [0.15, 0.2) is 0 Å². The van der Waals surface area contributed by atoms with Crippen molar-refractivity contribution >= 4 is 0 Å². The van der Waals surface area contributed by atoms with Crippen molar-refractivity contribution in [3.05, 3.63) is 67.1 Å². The first-order valence-electron chi connectivity index (χ1n) is 5.58. The van der Waals surface area contributed by atoms with Gasteiger partial charge < -0.3 is 19.8 Å². The van der Waals surface area contributed by atoms with Gasteiger partial charge in [-0.15, -0.1) is 11.4 Å². The monoisotopic (exact) mass is 273 g/mol. The standard InChI is InChI=1S/C13H13N4.Ti/c1-3-12(14-5-1)9-16-7-8-17(11-16)10-13-4-2-6-15-13;/h1-8,11H,9-10H2;/q-3;+3. The number of rotatable bonds is 4. The molecule has 1 aliphatic rings. The topological polar surface area (TPSA) is 34.7 Å². The van der Waals surface area contributed by atoms with E-state index in [1.54, 1.807) is 0 Å². The molecular formula is C13H13N4Ti. The molecule has 0 unspecified atom stereocenters. The zero-order valence-corrected chi connectivity index (χ0v) is 11.5. The van der Waals surface area contributed by atoms with Gasteiger partial charge in [-0.25, -0.2) is 0 Å². The predicted molar refractivity (Wildman–Crippen MR) is 64.1 cm³/mol. The fourth-order valence-electron chi connectivity index (χ4n) is 1.86. The second-order valence-electron chi connectivity index (χ2n) is 4.02. The molecule has 4 nitrogen and oxygen atoms in total. The Hall–Kier alpha value is -1.39. The molecule has 18 heavy (non-hydrogen) atoms. The molecule has 0 aromatic carbocycles. The zero-order valence-electron chi connectivity index (χ0n) is 9.90. The molecule has 5 heteroatoms. The van der Waals surface area contributed by atoms with Crippen molar-refractivity contribution in [3.63, 3.8) is 0 Å². The summed E-state index contributed by atoms with van der Waals surface area (Å²) in [6.07, 6.45) is 7.75. The van der Waals surface area contributed by atoms with Crippen LogP contribution in [0.5, 0.6) is 0 Å². The van der Waals surface area contributed by atoms with E-state index in [0.29, 0.717) is 0 Å². The molecule has 0 saturated heterocycles. The van der Waals surface area contributed by atoms with Crippen molar-refractivity contribution < 1.29 is 21.7 Å². The Labute approximate surface area is 122 Å². The molecular weight excluding hydrogens is 260 g/mol. The van der Waals surface area contributed by atoms with E-state index in [1.165, 1.54) is 0 Å². The van der Waals surface area contributed by atoms with Crippen molar-refractivity contribution in [1.29, 1.82) is 0 Å². The Bertz CT molecular complexity index is 431. The van der Waals surface area contributed by atoms with Crippen LogP contribution in [0, 0.1) is 6.67 Å². The maximum atomic E-state index is 4.25. The molecule has 0 bridgehead atoms. The third-order valence-corrected chi connectivity index (χ3v) is 2.67. The minimum absolute atomic E-state index is 0. The normalized spacial score (nSPS) is 14.0. The van der Waals surface area contributed by atoms with Crippen LogP contribution >= 0.6 is 0 Å². The largest absolute Gasteiger partial charge is 3.00 e. The molecule has 3 heterocycles. The van der Waals surface area contributed by atoms with E-state index in [0.717, 1.165) is 24.5 Å². The van der Waals surface area contributed by atoms with Gasteiger partial charge in [0.1, 0.15) is 0 Å². The summed E-state index contributed by atoms with van der Waals surface area (Å²) in [5.74, 6) is 0. The molecule has 0 fully saturated rings. The van der Waals surface area contributed by atoms with E-state index >= 15 is 0 Å². The third kappa shape index (κ3) is 3.09. The smallest absolute Gasteiger partial charge is 0.666 e. The molecule has 0 N–H and O–H groups in total. The zero-order chi connectivity index (χ0) is 11.5. The van der Waals surface area contributed by atoms with Crippen molar-refractivity contribution in [2.75, 3.05) is 0 Å². The van der Waals surface area contributed by atoms with Crippen LogP contribution in [-0.4, -0.2) is 9.80 Å². The average molecular weight is 273 g/mol. The number of hydrogen-bond acceptors (Lipinski definition) is 2. The van der Waals surface area contributed by atoms with Gasteiger partial charge in [-0.05, 0) is 25.5 Å². The summed E-state index contributed by atoms with van der Waals surface area (Å²) in [5, 5.41) is 0. The quantitative estimate of drug-likeness (QED) is 0.624. The van der Waals surface area contributed by atoms with E-state index in [2.05, 4.69) is 38.8 Å². The first-order chi connectivity index (χ1) is 8.40. The van der Waals surface area contributed by atoms with E-state index < -0.39 is 0 Å². The van der Waals surface area contributed by atoms with E-state index in [9.17, 15) is 0 Å². The Morgan fingerprint density at radius 2 is 1.39 bits per heavy atom. The minimum atomic E-state index is 0. The number of aromatic nitrogens is 2. The van der Waals surface area contributed by atoms with E-state index in [1.807, 2.05) is 36.7 Å². The Morgan fingerprint density at radius 1 is 0.889 bits per heavy atom. The third-order valence-electron chi connectivity index (χ3n) is 2.67. The van der Waals surface area contributed by atoms with Crippen LogP contribution in [0.25, 0.3) is 0 Å². The van der Waals surface area contributed by atoms with Gasteiger partial charge in [-0.2, -0.15) is 19.1 Å². The molecule has 0 amide bonds. The Kier molecular flexibility index (Phi) is 4.34. The molecule has 0 saturated carbocycles. The molecule has 0 atom stereocenters. The van der Waals surface area contributed by atoms with E-state index in [4.69, 9.17) is 0 Å². The van der Waals surface area contributed by atoms with Crippen LogP contribution in [0.4, 0.5) is 0 Å². The van der Waals surface area contributed by atoms with Crippen molar-refractivity contribution in [2.24, 2.45) is 0 Å². The predicted octanol–water partition coefficient (Wildman–Crippen LogP) is 1.51. The van der Waals surface area contributed by atoms with Gasteiger partial charge >= 0.3 is 21.7 Å². The molecule has 3 rings (SSSR count). The fraction of sp³-hybridized carbons (Fsp3) is 0.154. The van der Waals surface area contributed by atoms with E-state index in [-0.39, 0.29) is 21.7 Å². The molecule has 0 aliphatic carbocycles. The van der Waals surface area contributed by atoms with Crippen LogP contribution in [0.3, 0.4) is 0 Å². The van der Waals surface area contributed by atoms with Crippen LogP contribution in [0.2, 0.25) is 0 Å². The summed E-state index contributed by atoms with van der Waals surface area (Å²) in [5.41, 5.74) is 2.17. The van der Waals surface area contributed by atoms with Crippen molar-refractivity contribution in [3.8, 4) is 0 Å². The molecule has 89 valence electrons. The molecule has 0 spiro atoms. The first kappa shape index (κ1) is 13.1. The average Bonchev–Trinajstić information content (AvgIpc) is 3.02. The summed E-state index contributed by atoms with van der Waals surface area (Å²) >= 11 is 0. The fourth-order valence-corrected chi connectivity index (χ4v) is 1.86. The van der Waals surface area contributed by atoms with Gasteiger partial charge in [-0.3, -0.25) is 0 Å². The summed E-state index contributed by atoms with van der Waals surface area (Å²) in [6, 6.07) is 7.98. The van der Waals surface area contributed by atoms with Crippen molar-refractivity contribution in [2.45, 2.75) is 13.1 Å². The Balaban J connectivity index is 0.00000120. The van der Waals surface area contributed by atoms with Crippen molar-refractivity contribution in [1.82, 2.24) is 19.8 Å². The molecule has 1 radical (unpaired) electrons. The second-order valence-corrected chi connectivity index (χ2v) is 4.02. The Morgan fingerprint density at radius 3 is 1.78 bits per heavy atom. The summed E-state index contributed by atoms with van der Waals surface area (Å²) in [4.78, 5) is 12.7. The maximum Gasteiger partial charge on any atom is 3.00 e. The first-order valence-corrected chi connectivity index (χ1v) is 5.58. The van der Waals surface area contributed by atoms with Gasteiger partial charge in [0.2, 0.25) is 0 Å². The summed E-state index contributed by atoms with van der Waals surface area (Å²) in [6.45, 7) is 3.70. The molecule has 1 aliphatic heterocycles. The van der Waals surface area contributed by atoms with Crippen LogP contribution < -0.4 is 9.97 Å². The van der Waals surface area contributed by atoms with Gasteiger partial charge in [0, 0.05) is 0 Å². The van der Waals surface area contributed by atoms with Gasteiger partial charge in [0.05, 0.1) is 0 Å². The van der Waals surface area contributed by atoms with Crippen LogP contribution in [-0.2, 0) is 34.8 Å². The summed E-state index contributed by atoms with van der Waals surface area (Å²) < 4.78 is 0. The molecule has 2 aromatic rings. The number of hydrogen-bond donors (Lipinski definition) is 0.